The second-order valence-electron chi connectivity index (χ2n) is 7.37. The van der Waals surface area contributed by atoms with Crippen molar-refractivity contribution in [1.29, 1.82) is 0 Å². The summed E-state index contributed by atoms with van der Waals surface area (Å²) in [6, 6.07) is 9.92. The van der Waals surface area contributed by atoms with E-state index >= 15 is 0 Å². The van der Waals surface area contributed by atoms with Crippen molar-refractivity contribution in [3.05, 3.63) is 63.8 Å². The highest BCUT2D eigenvalue weighted by Crippen LogP contribution is 2.42. The number of carbonyl (C=O) groups is 1. The molecule has 7 nitrogen and oxygen atoms in total. The fraction of sp³-hybridized carbons (Fsp3) is 0.350. The van der Waals surface area contributed by atoms with Crippen molar-refractivity contribution in [2.75, 3.05) is 5.32 Å². The first-order valence-electron chi connectivity index (χ1n) is 9.45. The minimum Gasteiger partial charge on any atom is -0.318 e. The Balaban J connectivity index is 1.60. The van der Waals surface area contributed by atoms with Crippen LogP contribution < -0.4 is 10.9 Å². The summed E-state index contributed by atoms with van der Waals surface area (Å²) in [5.74, 6) is -0.630. The van der Waals surface area contributed by atoms with Crippen LogP contribution in [-0.4, -0.2) is 25.1 Å². The molecule has 2 aromatic heterocycles. The number of nitrogens with zero attached hydrogens (tertiary/aromatic N) is 4. The molecular weight excluding hydrogens is 399 g/mol. The van der Waals surface area contributed by atoms with Gasteiger partial charge < -0.3 is 5.32 Å². The van der Waals surface area contributed by atoms with Crippen LogP contribution in [0, 0.1) is 6.92 Å². The summed E-state index contributed by atoms with van der Waals surface area (Å²) in [6.07, 6.45) is -3.04. The molecule has 1 aliphatic carbocycles. The van der Waals surface area contributed by atoms with E-state index in [0.29, 0.717) is 17.1 Å². The minimum absolute atomic E-state index is 0.0184. The van der Waals surface area contributed by atoms with Crippen LogP contribution in [0.4, 0.5) is 18.9 Å². The van der Waals surface area contributed by atoms with E-state index in [1.807, 2.05) is 6.07 Å². The summed E-state index contributed by atoms with van der Waals surface area (Å²) >= 11 is 0. The zero-order chi connectivity index (χ0) is 21.6. The van der Waals surface area contributed by atoms with Crippen LogP contribution in [0.1, 0.15) is 35.8 Å². The Bertz CT molecular complexity index is 1150. The average Bonchev–Trinajstić information content (AvgIpc) is 3.41. The largest absolute Gasteiger partial charge is 0.435 e. The Kier molecular flexibility index (Phi) is 4.79. The van der Waals surface area contributed by atoms with Gasteiger partial charge in [-0.05, 0) is 38.0 Å². The molecule has 158 valence electrons. The monoisotopic (exact) mass is 419 g/mol. The summed E-state index contributed by atoms with van der Waals surface area (Å²) in [6.45, 7) is 1.28. The highest BCUT2D eigenvalue weighted by molar-refractivity contribution is 5.91. The molecule has 0 saturated heterocycles. The Morgan fingerprint density at radius 1 is 1.23 bits per heavy atom. The summed E-state index contributed by atoms with van der Waals surface area (Å²) in [7, 11) is 1.69. The molecule has 1 fully saturated rings. The van der Waals surface area contributed by atoms with Crippen LogP contribution in [0.25, 0.3) is 5.69 Å². The van der Waals surface area contributed by atoms with Gasteiger partial charge in [-0.25, -0.2) is 4.68 Å². The maximum Gasteiger partial charge on any atom is 0.435 e. The number of amides is 1. The molecular formula is C20H20F3N5O2. The number of anilines is 1. The molecule has 10 heteroatoms. The van der Waals surface area contributed by atoms with Crippen LogP contribution in [-0.2, 0) is 24.6 Å². The Labute approximate surface area is 169 Å². The number of halogens is 3. The van der Waals surface area contributed by atoms with Crippen molar-refractivity contribution >= 4 is 11.6 Å². The number of rotatable bonds is 5. The van der Waals surface area contributed by atoms with Gasteiger partial charge in [-0.1, -0.05) is 18.2 Å². The van der Waals surface area contributed by atoms with Crippen LogP contribution in [0.15, 0.2) is 41.2 Å². The normalized spacial score (nSPS) is 14.2. The molecule has 4 rings (SSSR count). The van der Waals surface area contributed by atoms with Gasteiger partial charge in [-0.2, -0.15) is 18.3 Å². The van der Waals surface area contributed by atoms with E-state index in [1.54, 1.807) is 42.9 Å². The average molecular weight is 419 g/mol. The van der Waals surface area contributed by atoms with E-state index in [1.165, 1.54) is 4.68 Å². The predicted octanol–water partition coefficient (Wildman–Crippen LogP) is 3.22. The van der Waals surface area contributed by atoms with Gasteiger partial charge in [-0.3, -0.25) is 19.0 Å². The highest BCUT2D eigenvalue weighted by atomic mass is 19.4. The zero-order valence-corrected chi connectivity index (χ0v) is 16.4. The lowest BCUT2D eigenvalue weighted by atomic mass is 10.2. The number of hydrogen-bond donors (Lipinski definition) is 1. The van der Waals surface area contributed by atoms with Crippen molar-refractivity contribution in [3.63, 3.8) is 0 Å². The molecule has 0 spiro atoms. The van der Waals surface area contributed by atoms with Crippen LogP contribution in [0.2, 0.25) is 0 Å². The molecule has 1 saturated carbocycles. The van der Waals surface area contributed by atoms with Gasteiger partial charge in [0.25, 0.3) is 5.56 Å². The molecule has 0 aliphatic heterocycles. The maximum absolute atomic E-state index is 13.0. The molecule has 0 bridgehead atoms. The fourth-order valence-corrected chi connectivity index (χ4v) is 3.43. The van der Waals surface area contributed by atoms with Gasteiger partial charge in [0.05, 0.1) is 11.4 Å². The first kappa shape index (κ1) is 20.0. The third-order valence-corrected chi connectivity index (χ3v) is 5.21. The topological polar surface area (TPSA) is 73.8 Å². The third-order valence-electron chi connectivity index (χ3n) is 5.21. The van der Waals surface area contributed by atoms with Crippen molar-refractivity contribution in [1.82, 2.24) is 19.1 Å². The van der Waals surface area contributed by atoms with Crippen molar-refractivity contribution in [2.45, 2.75) is 38.4 Å². The number of aromatic nitrogens is 4. The van der Waals surface area contributed by atoms with Gasteiger partial charge in [0, 0.05) is 18.7 Å². The lowest BCUT2D eigenvalue weighted by molar-refractivity contribution is -0.141. The van der Waals surface area contributed by atoms with E-state index in [9.17, 15) is 22.8 Å². The van der Waals surface area contributed by atoms with E-state index in [4.69, 9.17) is 0 Å². The molecule has 0 radical (unpaired) electrons. The number of nitrogens with one attached hydrogen (secondary N) is 1. The number of hydrogen-bond acceptors (Lipinski definition) is 3. The molecule has 1 N–H and O–H groups in total. The Hall–Kier alpha value is -3.30. The van der Waals surface area contributed by atoms with E-state index in [0.717, 1.165) is 23.6 Å². The number of para-hydroxylation sites is 1. The second kappa shape index (κ2) is 7.19. The molecule has 2 heterocycles. The van der Waals surface area contributed by atoms with Gasteiger partial charge >= 0.3 is 6.18 Å². The summed E-state index contributed by atoms with van der Waals surface area (Å²) < 4.78 is 43.2. The molecule has 1 amide bonds. The van der Waals surface area contributed by atoms with Gasteiger partial charge in [0.1, 0.15) is 12.2 Å². The van der Waals surface area contributed by atoms with Crippen LogP contribution >= 0.6 is 0 Å². The number of carbonyl (C=O) groups excluding carboxylic acids is 1. The zero-order valence-electron chi connectivity index (χ0n) is 16.4. The molecule has 30 heavy (non-hydrogen) atoms. The summed E-state index contributed by atoms with van der Waals surface area (Å²) in [5, 5.41) is 6.14. The summed E-state index contributed by atoms with van der Waals surface area (Å²) in [5.41, 5.74) is 0.196. The standard InChI is InChI=1S/C20H20F3N5O2/c1-12-18(19(30)28(26(12)2)14-6-4-3-5-7-14)24-17(29)11-27-15(13-8-9-13)10-16(25-27)20(21,22)23/h3-7,10,13H,8-9,11H2,1-2H3,(H,24,29). The lowest BCUT2D eigenvalue weighted by Gasteiger charge is -2.08. The van der Waals surface area contributed by atoms with Crippen LogP contribution in [0.3, 0.4) is 0 Å². The quantitative estimate of drug-likeness (QED) is 0.690. The van der Waals surface area contributed by atoms with E-state index in [-0.39, 0.29) is 11.6 Å². The predicted molar refractivity (Wildman–Crippen MR) is 104 cm³/mol. The number of benzene rings is 1. The first-order chi connectivity index (χ1) is 14.2. The lowest BCUT2D eigenvalue weighted by Crippen LogP contribution is -2.26. The molecule has 0 atom stereocenters. The van der Waals surface area contributed by atoms with Crippen molar-refractivity contribution in [3.8, 4) is 5.69 Å². The smallest absolute Gasteiger partial charge is 0.318 e. The van der Waals surface area contributed by atoms with Gasteiger partial charge in [0.2, 0.25) is 5.91 Å². The number of alkyl halides is 3. The molecule has 0 unspecified atom stereocenters. The Morgan fingerprint density at radius 2 is 1.90 bits per heavy atom. The molecule has 1 aromatic carbocycles. The third kappa shape index (κ3) is 3.64. The second-order valence-corrected chi connectivity index (χ2v) is 7.37. The van der Waals surface area contributed by atoms with Gasteiger partial charge in [0.15, 0.2) is 5.69 Å². The fourth-order valence-electron chi connectivity index (χ4n) is 3.43. The highest BCUT2D eigenvalue weighted by Gasteiger charge is 2.38. The SMILES string of the molecule is Cc1c(NC(=O)Cn2nc(C(F)(F)F)cc2C2CC2)c(=O)n(-c2ccccc2)n1C. The Morgan fingerprint density at radius 3 is 2.50 bits per heavy atom. The molecule has 1 aliphatic rings. The molecule has 3 aromatic rings. The van der Waals surface area contributed by atoms with Crippen molar-refractivity contribution < 1.29 is 18.0 Å². The van der Waals surface area contributed by atoms with Gasteiger partial charge in [-0.15, -0.1) is 0 Å². The maximum atomic E-state index is 13.0. The van der Waals surface area contributed by atoms with E-state index < -0.39 is 29.9 Å². The first-order valence-corrected chi connectivity index (χ1v) is 9.45. The van der Waals surface area contributed by atoms with Crippen LogP contribution in [0.5, 0.6) is 0 Å². The summed E-state index contributed by atoms with van der Waals surface area (Å²) in [4.78, 5) is 25.5. The van der Waals surface area contributed by atoms with Crippen molar-refractivity contribution in [2.24, 2.45) is 7.05 Å². The minimum atomic E-state index is -4.58. The van der Waals surface area contributed by atoms with E-state index in [2.05, 4.69) is 10.4 Å².